The minimum atomic E-state index is -0.245. The predicted octanol–water partition coefficient (Wildman–Crippen LogP) is 6.05. The smallest absolute Gasteiger partial charge is 0.250 e. The number of aryl methyl sites for hydroxylation is 1. The molecule has 172 valence electrons. The molecule has 0 aliphatic heterocycles. The van der Waals surface area contributed by atoms with Gasteiger partial charge in [-0.15, -0.1) is 10.2 Å². The molecule has 6 nitrogen and oxygen atoms in total. The van der Waals surface area contributed by atoms with Crippen molar-refractivity contribution in [2.45, 2.75) is 18.5 Å². The van der Waals surface area contributed by atoms with Crippen LogP contribution in [0.25, 0.3) is 17.1 Å². The Hall–Kier alpha value is -3.13. The summed E-state index contributed by atoms with van der Waals surface area (Å²) >= 11 is 13.4. The Kier molecular flexibility index (Phi) is 8.00. The van der Waals surface area contributed by atoms with E-state index in [2.05, 4.69) is 27.6 Å². The quantitative estimate of drug-likeness (QED) is 0.178. The SMILES string of the molecule is CCc1ccc(/C=N\NC(=O)CSc2nnc(-c3ccc(Cl)cc3)n2-c2ccc(Cl)cc2)cc1. The van der Waals surface area contributed by atoms with Crippen LogP contribution in [0.15, 0.2) is 83.1 Å². The average Bonchev–Trinajstić information content (AvgIpc) is 3.28. The van der Waals surface area contributed by atoms with Gasteiger partial charge < -0.3 is 0 Å². The molecule has 0 unspecified atom stereocenters. The number of nitrogens with zero attached hydrogens (tertiary/aromatic N) is 4. The van der Waals surface area contributed by atoms with Crippen molar-refractivity contribution in [3.05, 3.63) is 94.0 Å². The van der Waals surface area contributed by atoms with Gasteiger partial charge in [-0.1, -0.05) is 66.2 Å². The summed E-state index contributed by atoms with van der Waals surface area (Å²) in [4.78, 5) is 12.4. The third-order valence-electron chi connectivity index (χ3n) is 4.94. The monoisotopic (exact) mass is 509 g/mol. The van der Waals surface area contributed by atoms with Crippen molar-refractivity contribution in [2.24, 2.45) is 5.10 Å². The van der Waals surface area contributed by atoms with E-state index in [1.54, 1.807) is 30.5 Å². The molecule has 0 bridgehead atoms. The Labute approximate surface area is 212 Å². The number of benzene rings is 3. The number of amides is 1. The molecule has 1 heterocycles. The molecule has 4 rings (SSSR count). The number of thioether (sulfide) groups is 1. The lowest BCUT2D eigenvalue weighted by molar-refractivity contribution is -0.118. The molecule has 0 saturated heterocycles. The third-order valence-corrected chi connectivity index (χ3v) is 6.38. The van der Waals surface area contributed by atoms with E-state index < -0.39 is 0 Å². The molecule has 0 atom stereocenters. The first-order chi connectivity index (χ1) is 16.5. The molecule has 0 fully saturated rings. The van der Waals surface area contributed by atoms with E-state index in [0.717, 1.165) is 23.2 Å². The summed E-state index contributed by atoms with van der Waals surface area (Å²) < 4.78 is 1.88. The van der Waals surface area contributed by atoms with Gasteiger partial charge in [0.25, 0.3) is 5.91 Å². The standard InChI is InChI=1S/C25H21Cl2N5OS/c1-2-17-3-5-18(6-4-17)15-28-29-23(33)16-34-25-31-30-24(19-7-9-20(26)10-8-19)32(25)22-13-11-21(27)12-14-22/h3-15H,2,16H2,1H3,(H,29,33)/b28-15-. The number of hydrogen-bond donors (Lipinski definition) is 1. The van der Waals surface area contributed by atoms with E-state index in [4.69, 9.17) is 23.2 Å². The molecule has 3 aromatic carbocycles. The molecule has 0 aliphatic carbocycles. The van der Waals surface area contributed by atoms with Crippen LogP contribution in [0.1, 0.15) is 18.1 Å². The van der Waals surface area contributed by atoms with Crippen molar-refractivity contribution in [1.82, 2.24) is 20.2 Å². The van der Waals surface area contributed by atoms with Crippen molar-refractivity contribution in [1.29, 1.82) is 0 Å². The fourth-order valence-electron chi connectivity index (χ4n) is 3.15. The van der Waals surface area contributed by atoms with Gasteiger partial charge >= 0.3 is 0 Å². The van der Waals surface area contributed by atoms with Crippen molar-refractivity contribution < 1.29 is 4.79 Å². The Bertz CT molecular complexity index is 1290. The highest BCUT2D eigenvalue weighted by Crippen LogP contribution is 2.29. The summed E-state index contributed by atoms with van der Waals surface area (Å²) in [5.41, 5.74) is 6.41. The van der Waals surface area contributed by atoms with Crippen LogP contribution in [0.4, 0.5) is 0 Å². The van der Waals surface area contributed by atoms with Gasteiger partial charge in [0, 0.05) is 21.3 Å². The molecule has 0 spiro atoms. The second kappa shape index (κ2) is 11.3. The van der Waals surface area contributed by atoms with Crippen LogP contribution < -0.4 is 5.43 Å². The molecule has 1 amide bonds. The Morgan fingerprint density at radius 2 is 1.62 bits per heavy atom. The van der Waals surface area contributed by atoms with Gasteiger partial charge in [-0.05, 0) is 66.1 Å². The van der Waals surface area contributed by atoms with Gasteiger partial charge in [-0.25, -0.2) is 5.43 Å². The average molecular weight is 510 g/mol. The zero-order valence-electron chi connectivity index (χ0n) is 18.3. The minimum Gasteiger partial charge on any atom is -0.272 e. The number of hydrazone groups is 1. The second-order valence-corrected chi connectivity index (χ2v) is 9.12. The van der Waals surface area contributed by atoms with Crippen molar-refractivity contribution >= 4 is 47.1 Å². The molecule has 0 radical (unpaired) electrons. The normalized spacial score (nSPS) is 11.1. The molecular weight excluding hydrogens is 489 g/mol. The number of carbonyl (C=O) groups is 1. The molecule has 9 heteroatoms. The first-order valence-electron chi connectivity index (χ1n) is 10.5. The molecule has 0 saturated carbocycles. The van der Waals surface area contributed by atoms with E-state index in [-0.39, 0.29) is 11.7 Å². The van der Waals surface area contributed by atoms with E-state index >= 15 is 0 Å². The summed E-state index contributed by atoms with van der Waals surface area (Å²) in [6, 6.07) is 22.7. The fraction of sp³-hybridized carbons (Fsp3) is 0.120. The first-order valence-corrected chi connectivity index (χ1v) is 12.3. The number of nitrogens with one attached hydrogen (secondary N) is 1. The molecule has 4 aromatic rings. The molecular formula is C25H21Cl2N5OS. The summed E-state index contributed by atoms with van der Waals surface area (Å²) in [5.74, 6) is 0.513. The number of halogens is 2. The topological polar surface area (TPSA) is 72.2 Å². The second-order valence-electron chi connectivity index (χ2n) is 7.30. The van der Waals surface area contributed by atoms with Crippen molar-refractivity contribution in [3.63, 3.8) is 0 Å². The zero-order chi connectivity index (χ0) is 23.9. The molecule has 34 heavy (non-hydrogen) atoms. The molecule has 1 aromatic heterocycles. The maximum absolute atomic E-state index is 12.4. The Balaban J connectivity index is 1.48. The summed E-state index contributed by atoms with van der Waals surface area (Å²) in [5, 5.41) is 14.6. The van der Waals surface area contributed by atoms with Gasteiger partial charge in [-0.3, -0.25) is 9.36 Å². The van der Waals surface area contributed by atoms with E-state index in [9.17, 15) is 4.79 Å². The lowest BCUT2D eigenvalue weighted by atomic mass is 10.1. The number of carbonyl (C=O) groups excluding carboxylic acids is 1. The summed E-state index contributed by atoms with van der Waals surface area (Å²) in [6.07, 6.45) is 2.60. The van der Waals surface area contributed by atoms with Crippen LogP contribution in [0.2, 0.25) is 10.0 Å². The van der Waals surface area contributed by atoms with Crippen LogP contribution in [-0.2, 0) is 11.2 Å². The highest BCUT2D eigenvalue weighted by atomic mass is 35.5. The lowest BCUT2D eigenvalue weighted by Crippen LogP contribution is -2.20. The van der Waals surface area contributed by atoms with Gasteiger partial charge in [0.15, 0.2) is 11.0 Å². The van der Waals surface area contributed by atoms with E-state index in [1.807, 2.05) is 53.1 Å². The largest absolute Gasteiger partial charge is 0.272 e. The highest BCUT2D eigenvalue weighted by Gasteiger charge is 2.17. The van der Waals surface area contributed by atoms with Gasteiger partial charge in [-0.2, -0.15) is 5.10 Å². The number of aromatic nitrogens is 3. The van der Waals surface area contributed by atoms with Crippen LogP contribution in [-0.4, -0.2) is 32.6 Å². The molecule has 1 N–H and O–H groups in total. The van der Waals surface area contributed by atoms with Crippen LogP contribution >= 0.6 is 35.0 Å². The van der Waals surface area contributed by atoms with Crippen LogP contribution in [0.3, 0.4) is 0 Å². The Morgan fingerprint density at radius 1 is 0.971 bits per heavy atom. The minimum absolute atomic E-state index is 0.123. The first kappa shape index (κ1) is 24.0. The number of hydrogen-bond acceptors (Lipinski definition) is 5. The Morgan fingerprint density at radius 3 is 2.26 bits per heavy atom. The zero-order valence-corrected chi connectivity index (χ0v) is 20.6. The number of rotatable bonds is 8. The van der Waals surface area contributed by atoms with Crippen molar-refractivity contribution in [3.8, 4) is 17.1 Å². The van der Waals surface area contributed by atoms with Gasteiger partial charge in [0.2, 0.25) is 0 Å². The third kappa shape index (κ3) is 6.05. The fourth-order valence-corrected chi connectivity index (χ4v) is 4.15. The maximum atomic E-state index is 12.4. The highest BCUT2D eigenvalue weighted by molar-refractivity contribution is 7.99. The van der Waals surface area contributed by atoms with Crippen LogP contribution in [0.5, 0.6) is 0 Å². The van der Waals surface area contributed by atoms with E-state index in [0.29, 0.717) is 21.0 Å². The summed E-state index contributed by atoms with van der Waals surface area (Å²) in [6.45, 7) is 2.10. The predicted molar refractivity (Wildman–Crippen MR) is 139 cm³/mol. The van der Waals surface area contributed by atoms with Crippen LogP contribution in [0, 0.1) is 0 Å². The van der Waals surface area contributed by atoms with E-state index in [1.165, 1.54) is 17.3 Å². The molecule has 0 aliphatic rings. The van der Waals surface area contributed by atoms with Crippen molar-refractivity contribution in [2.75, 3.05) is 5.75 Å². The lowest BCUT2D eigenvalue weighted by Gasteiger charge is -2.10. The summed E-state index contributed by atoms with van der Waals surface area (Å²) in [7, 11) is 0. The van der Waals surface area contributed by atoms with Gasteiger partial charge in [0.05, 0.1) is 12.0 Å². The maximum Gasteiger partial charge on any atom is 0.250 e. The van der Waals surface area contributed by atoms with Gasteiger partial charge in [0.1, 0.15) is 0 Å².